The van der Waals surface area contributed by atoms with Gasteiger partial charge in [0, 0.05) is 10.9 Å². The summed E-state index contributed by atoms with van der Waals surface area (Å²) in [6.07, 6.45) is 0.200. The smallest absolute Gasteiger partial charge is 0.213 e. The van der Waals surface area contributed by atoms with Gasteiger partial charge in [-0.1, -0.05) is 29.8 Å². The predicted octanol–water partition coefficient (Wildman–Crippen LogP) is 4.35. The molecule has 5 heteroatoms. The van der Waals surface area contributed by atoms with Crippen molar-refractivity contribution in [2.24, 2.45) is 0 Å². The molecule has 2 nitrogen and oxygen atoms in total. The molecule has 0 saturated carbocycles. The molecule has 1 aliphatic rings. The highest BCUT2D eigenvalue weighted by atomic mass is 79.9. The Balaban J connectivity index is 1.84. The summed E-state index contributed by atoms with van der Waals surface area (Å²) in [7, 11) is 0. The minimum absolute atomic E-state index is 0.0104. The molecule has 18 heavy (non-hydrogen) atoms. The Kier molecular flexibility index (Phi) is 3.18. The molecule has 0 radical (unpaired) electrons. The third-order valence-electron chi connectivity index (χ3n) is 2.83. The maximum absolute atomic E-state index is 12.3. The van der Waals surface area contributed by atoms with E-state index in [1.807, 2.05) is 24.3 Å². The molecule has 0 saturated heterocycles. The zero-order valence-corrected chi connectivity index (χ0v) is 12.3. The van der Waals surface area contributed by atoms with Gasteiger partial charge in [-0.25, -0.2) is 0 Å². The van der Waals surface area contributed by atoms with Crippen LogP contribution in [0.4, 0.5) is 0 Å². The Hall–Kier alpha value is -0.840. The van der Waals surface area contributed by atoms with Crippen LogP contribution in [0.1, 0.15) is 15.2 Å². The lowest BCUT2D eigenvalue weighted by molar-refractivity contribution is 0.0829. The fourth-order valence-corrected chi connectivity index (χ4v) is 3.64. The SMILES string of the molecule is O=C(c1cc(Br)c(Cl)s1)C1Cc2ccccc2O1. The Morgan fingerprint density at radius 3 is 2.89 bits per heavy atom. The molecular weight excluding hydrogens is 336 g/mol. The van der Waals surface area contributed by atoms with Crippen LogP contribution in [0.5, 0.6) is 5.75 Å². The molecule has 0 N–H and O–H groups in total. The van der Waals surface area contributed by atoms with E-state index in [4.69, 9.17) is 16.3 Å². The monoisotopic (exact) mass is 342 g/mol. The molecule has 1 aromatic carbocycles. The molecule has 2 heterocycles. The van der Waals surface area contributed by atoms with Gasteiger partial charge < -0.3 is 4.74 Å². The summed E-state index contributed by atoms with van der Waals surface area (Å²) in [5, 5.41) is 0. The van der Waals surface area contributed by atoms with Gasteiger partial charge in [-0.05, 0) is 33.6 Å². The molecule has 0 amide bonds. The third kappa shape index (κ3) is 2.09. The molecule has 2 aromatic rings. The highest BCUT2D eigenvalue weighted by Crippen LogP contribution is 2.35. The van der Waals surface area contributed by atoms with Gasteiger partial charge in [-0.15, -0.1) is 11.3 Å². The van der Waals surface area contributed by atoms with Gasteiger partial charge in [0.15, 0.2) is 6.10 Å². The molecule has 0 fully saturated rings. The van der Waals surface area contributed by atoms with Crippen LogP contribution in [0.15, 0.2) is 34.8 Å². The summed E-state index contributed by atoms with van der Waals surface area (Å²) >= 11 is 10.5. The van der Waals surface area contributed by atoms with E-state index >= 15 is 0 Å². The molecule has 1 aliphatic heterocycles. The number of para-hydroxylation sites is 1. The predicted molar refractivity (Wildman–Crippen MR) is 75.9 cm³/mol. The number of Topliss-reactive ketones (excluding diaryl/α,β-unsaturated/α-hetero) is 1. The Bertz CT molecular complexity index is 579. The van der Waals surface area contributed by atoms with Crippen LogP contribution in [0.2, 0.25) is 4.34 Å². The topological polar surface area (TPSA) is 26.3 Å². The van der Waals surface area contributed by atoms with Crippen molar-refractivity contribution in [2.45, 2.75) is 12.5 Å². The van der Waals surface area contributed by atoms with Gasteiger partial charge in [-0.2, -0.15) is 0 Å². The first kappa shape index (κ1) is 12.2. The summed E-state index contributed by atoms with van der Waals surface area (Å²) in [6.45, 7) is 0. The zero-order chi connectivity index (χ0) is 12.7. The lowest BCUT2D eigenvalue weighted by atomic mass is 10.1. The minimum atomic E-state index is -0.427. The maximum Gasteiger partial charge on any atom is 0.213 e. The van der Waals surface area contributed by atoms with E-state index in [2.05, 4.69) is 15.9 Å². The van der Waals surface area contributed by atoms with E-state index in [-0.39, 0.29) is 5.78 Å². The summed E-state index contributed by atoms with van der Waals surface area (Å²) in [6, 6.07) is 9.49. The standard InChI is InChI=1S/C13H8BrClO2S/c14-8-6-11(18-13(8)15)12(16)10-5-7-3-1-2-4-9(7)17-10/h1-4,6,10H,5H2. The molecule has 1 unspecified atom stereocenters. The molecule has 1 aromatic heterocycles. The van der Waals surface area contributed by atoms with Gasteiger partial charge in [0.25, 0.3) is 0 Å². The van der Waals surface area contributed by atoms with Crippen LogP contribution < -0.4 is 4.74 Å². The number of hydrogen-bond acceptors (Lipinski definition) is 3. The molecule has 0 aliphatic carbocycles. The van der Waals surface area contributed by atoms with Gasteiger partial charge >= 0.3 is 0 Å². The normalized spacial score (nSPS) is 17.3. The molecule has 92 valence electrons. The van der Waals surface area contributed by atoms with Crippen molar-refractivity contribution < 1.29 is 9.53 Å². The van der Waals surface area contributed by atoms with Crippen LogP contribution in [0.25, 0.3) is 0 Å². The molecule has 3 rings (SSSR count). The number of thiophene rings is 1. The van der Waals surface area contributed by atoms with Crippen molar-refractivity contribution in [2.75, 3.05) is 0 Å². The highest BCUT2D eigenvalue weighted by molar-refractivity contribution is 9.10. The van der Waals surface area contributed by atoms with Gasteiger partial charge in [0.05, 0.1) is 4.88 Å². The summed E-state index contributed by atoms with van der Waals surface area (Å²) in [4.78, 5) is 12.9. The number of ketones is 1. The van der Waals surface area contributed by atoms with Crippen LogP contribution >= 0.6 is 38.9 Å². The second-order valence-electron chi connectivity index (χ2n) is 4.01. The Morgan fingerprint density at radius 2 is 2.22 bits per heavy atom. The Morgan fingerprint density at radius 1 is 1.44 bits per heavy atom. The number of benzene rings is 1. The first-order valence-electron chi connectivity index (χ1n) is 5.39. The van der Waals surface area contributed by atoms with Crippen LogP contribution in [0, 0.1) is 0 Å². The van der Waals surface area contributed by atoms with Gasteiger partial charge in [0.1, 0.15) is 10.1 Å². The average molecular weight is 344 g/mol. The maximum atomic E-state index is 12.3. The van der Waals surface area contributed by atoms with Crippen LogP contribution in [-0.4, -0.2) is 11.9 Å². The van der Waals surface area contributed by atoms with Crippen LogP contribution in [-0.2, 0) is 6.42 Å². The number of fused-ring (bicyclic) bond motifs is 1. The second kappa shape index (κ2) is 4.68. The highest BCUT2D eigenvalue weighted by Gasteiger charge is 2.30. The van der Waals surface area contributed by atoms with Crippen molar-refractivity contribution >= 4 is 44.7 Å². The molecule has 1 atom stereocenters. The molecule has 0 spiro atoms. The lowest BCUT2D eigenvalue weighted by Gasteiger charge is -2.07. The summed E-state index contributed by atoms with van der Waals surface area (Å²) < 4.78 is 7.02. The largest absolute Gasteiger partial charge is 0.482 e. The number of hydrogen-bond donors (Lipinski definition) is 0. The van der Waals surface area contributed by atoms with Crippen molar-refractivity contribution in [3.05, 3.63) is 49.6 Å². The van der Waals surface area contributed by atoms with Crippen molar-refractivity contribution in [1.82, 2.24) is 0 Å². The van der Waals surface area contributed by atoms with Crippen molar-refractivity contribution in [3.8, 4) is 5.75 Å². The number of ether oxygens (including phenoxy) is 1. The first-order valence-corrected chi connectivity index (χ1v) is 7.37. The van der Waals surface area contributed by atoms with E-state index in [1.165, 1.54) is 11.3 Å². The van der Waals surface area contributed by atoms with E-state index in [0.29, 0.717) is 15.6 Å². The Labute approximate surface area is 122 Å². The third-order valence-corrected chi connectivity index (χ3v) is 5.32. The summed E-state index contributed by atoms with van der Waals surface area (Å²) in [5.41, 5.74) is 1.08. The quantitative estimate of drug-likeness (QED) is 0.758. The van der Waals surface area contributed by atoms with E-state index < -0.39 is 6.10 Å². The second-order valence-corrected chi connectivity index (χ2v) is 6.52. The number of rotatable bonds is 2. The van der Waals surface area contributed by atoms with Crippen molar-refractivity contribution in [3.63, 3.8) is 0 Å². The average Bonchev–Trinajstić information content (AvgIpc) is 2.93. The fourth-order valence-electron chi connectivity index (χ4n) is 1.96. The summed E-state index contributed by atoms with van der Waals surface area (Å²) in [5.74, 6) is 0.793. The van der Waals surface area contributed by atoms with E-state index in [0.717, 1.165) is 15.8 Å². The molecule has 0 bridgehead atoms. The van der Waals surface area contributed by atoms with Crippen LogP contribution in [0.3, 0.4) is 0 Å². The molecular formula is C13H8BrClO2S. The minimum Gasteiger partial charge on any atom is -0.482 e. The lowest BCUT2D eigenvalue weighted by Crippen LogP contribution is -2.24. The number of carbonyl (C=O) groups excluding carboxylic acids is 1. The fraction of sp³-hybridized carbons (Fsp3) is 0.154. The van der Waals surface area contributed by atoms with Gasteiger partial charge in [0.2, 0.25) is 5.78 Å². The van der Waals surface area contributed by atoms with Crippen molar-refractivity contribution in [1.29, 1.82) is 0 Å². The number of halogens is 2. The van der Waals surface area contributed by atoms with E-state index in [9.17, 15) is 4.79 Å². The first-order chi connectivity index (χ1) is 8.65. The van der Waals surface area contributed by atoms with Gasteiger partial charge in [-0.3, -0.25) is 4.79 Å². The number of carbonyl (C=O) groups is 1. The zero-order valence-electron chi connectivity index (χ0n) is 9.15. The van der Waals surface area contributed by atoms with E-state index in [1.54, 1.807) is 6.07 Å².